The van der Waals surface area contributed by atoms with E-state index < -0.39 is 6.04 Å². The van der Waals surface area contributed by atoms with Crippen LogP contribution in [0.25, 0.3) is 0 Å². The molecule has 2 amide bonds. The predicted octanol–water partition coefficient (Wildman–Crippen LogP) is 5.17. The summed E-state index contributed by atoms with van der Waals surface area (Å²) in [4.78, 5) is 27.5. The summed E-state index contributed by atoms with van der Waals surface area (Å²) in [6.45, 7) is 10.0. The zero-order valence-electron chi connectivity index (χ0n) is 19.0. The topological polar surface area (TPSA) is 58.6 Å². The summed E-state index contributed by atoms with van der Waals surface area (Å²) in [5, 5.41) is 3.47. The van der Waals surface area contributed by atoms with E-state index >= 15 is 0 Å². The minimum absolute atomic E-state index is 0.0189. The Morgan fingerprint density at radius 3 is 2.23 bits per heavy atom. The van der Waals surface area contributed by atoms with E-state index in [-0.39, 0.29) is 31.0 Å². The van der Waals surface area contributed by atoms with Crippen molar-refractivity contribution in [3.05, 3.63) is 64.7 Å². The third-order valence-corrected chi connectivity index (χ3v) is 5.39. The number of rotatable bonds is 10. The minimum atomic E-state index is -0.613. The molecule has 0 heterocycles. The number of halogens is 1. The van der Waals surface area contributed by atoms with Crippen molar-refractivity contribution in [1.29, 1.82) is 0 Å². The summed E-state index contributed by atoms with van der Waals surface area (Å²) in [6.07, 6.45) is 0.484. The average Bonchev–Trinajstić information content (AvgIpc) is 2.73. The molecule has 1 atom stereocenters. The summed E-state index contributed by atoms with van der Waals surface area (Å²) < 4.78 is 5.75. The summed E-state index contributed by atoms with van der Waals surface area (Å²) in [5.41, 5.74) is 1.99. The Labute approximate surface area is 190 Å². The molecule has 2 aromatic rings. The Balaban J connectivity index is 2.20. The van der Waals surface area contributed by atoms with Gasteiger partial charge in [-0.05, 0) is 55.5 Å². The number of nitrogens with one attached hydrogen (secondary N) is 1. The van der Waals surface area contributed by atoms with Gasteiger partial charge in [0.25, 0.3) is 5.91 Å². The molecule has 0 aliphatic rings. The van der Waals surface area contributed by atoms with Crippen molar-refractivity contribution in [1.82, 2.24) is 10.2 Å². The molecule has 0 aliphatic heterocycles. The molecule has 0 bridgehead atoms. The largest absolute Gasteiger partial charge is 0.484 e. The van der Waals surface area contributed by atoms with Crippen LogP contribution in [0.2, 0.25) is 5.02 Å². The van der Waals surface area contributed by atoms with Gasteiger partial charge in [-0.1, -0.05) is 62.7 Å². The van der Waals surface area contributed by atoms with E-state index in [2.05, 4.69) is 19.2 Å². The van der Waals surface area contributed by atoms with Gasteiger partial charge in [-0.2, -0.15) is 0 Å². The molecule has 2 rings (SSSR count). The highest BCUT2D eigenvalue weighted by molar-refractivity contribution is 6.31. The van der Waals surface area contributed by atoms with Gasteiger partial charge in [0.15, 0.2) is 6.61 Å². The number of benzene rings is 2. The van der Waals surface area contributed by atoms with Crippen LogP contribution in [0.4, 0.5) is 0 Å². The molecule has 0 radical (unpaired) electrons. The maximum Gasteiger partial charge on any atom is 0.261 e. The van der Waals surface area contributed by atoms with Gasteiger partial charge >= 0.3 is 0 Å². The second kappa shape index (κ2) is 11.8. The van der Waals surface area contributed by atoms with Crippen molar-refractivity contribution in [3.63, 3.8) is 0 Å². The number of nitrogens with zero attached hydrogens (tertiary/aromatic N) is 1. The zero-order chi connectivity index (χ0) is 23.0. The molecule has 0 saturated carbocycles. The fourth-order valence-electron chi connectivity index (χ4n) is 3.29. The van der Waals surface area contributed by atoms with Crippen molar-refractivity contribution in [2.75, 3.05) is 6.61 Å². The Morgan fingerprint density at radius 1 is 1.03 bits per heavy atom. The van der Waals surface area contributed by atoms with Crippen LogP contribution in [0.1, 0.15) is 58.1 Å². The molecule has 0 saturated heterocycles. The first-order valence-corrected chi connectivity index (χ1v) is 11.2. The monoisotopic (exact) mass is 444 g/mol. The van der Waals surface area contributed by atoms with Crippen LogP contribution in [0.15, 0.2) is 48.5 Å². The van der Waals surface area contributed by atoms with E-state index in [1.54, 1.807) is 11.0 Å². The van der Waals surface area contributed by atoms with Crippen LogP contribution in [0.5, 0.6) is 5.75 Å². The van der Waals surface area contributed by atoms with Crippen molar-refractivity contribution < 1.29 is 14.3 Å². The smallest absolute Gasteiger partial charge is 0.261 e. The summed E-state index contributed by atoms with van der Waals surface area (Å²) in [6, 6.07) is 14.4. The average molecular weight is 445 g/mol. The van der Waals surface area contributed by atoms with Crippen LogP contribution in [0, 0.1) is 0 Å². The number of amides is 2. The number of hydrogen-bond acceptors (Lipinski definition) is 3. The fraction of sp³-hybridized carbons (Fsp3) is 0.440. The quantitative estimate of drug-likeness (QED) is 0.549. The van der Waals surface area contributed by atoms with E-state index in [1.807, 2.05) is 63.2 Å². The number of hydrogen-bond donors (Lipinski definition) is 1. The maximum atomic E-state index is 13.2. The Morgan fingerprint density at radius 2 is 1.68 bits per heavy atom. The molecule has 0 aliphatic carbocycles. The van der Waals surface area contributed by atoms with Crippen LogP contribution in [0.3, 0.4) is 0 Å². The lowest BCUT2D eigenvalue weighted by Gasteiger charge is -2.31. The highest BCUT2D eigenvalue weighted by atomic mass is 35.5. The minimum Gasteiger partial charge on any atom is -0.484 e. The van der Waals surface area contributed by atoms with Crippen molar-refractivity contribution in [2.45, 2.75) is 65.6 Å². The highest BCUT2D eigenvalue weighted by Crippen LogP contribution is 2.21. The van der Waals surface area contributed by atoms with Gasteiger partial charge in [-0.15, -0.1) is 0 Å². The molecule has 5 nitrogen and oxygen atoms in total. The molecule has 0 spiro atoms. The first-order valence-electron chi connectivity index (χ1n) is 10.8. The molecule has 1 unspecified atom stereocenters. The van der Waals surface area contributed by atoms with Crippen LogP contribution < -0.4 is 10.1 Å². The standard InChI is InChI=1S/C25H33ClN2O3/c1-6-23(25(30)27-18(4)5)28(15-20-9-7-8-10-22(20)26)24(29)16-31-21-13-11-19(12-14-21)17(2)3/h7-14,17-18,23H,6,15-16H2,1-5H3,(H,27,30). The normalized spacial score (nSPS) is 12.0. The van der Waals surface area contributed by atoms with Gasteiger partial charge in [0.1, 0.15) is 11.8 Å². The lowest BCUT2D eigenvalue weighted by Crippen LogP contribution is -2.51. The van der Waals surface area contributed by atoms with Gasteiger partial charge in [-0.3, -0.25) is 9.59 Å². The lowest BCUT2D eigenvalue weighted by molar-refractivity contribution is -0.143. The lowest BCUT2D eigenvalue weighted by atomic mass is 10.0. The molecule has 6 heteroatoms. The second-order valence-electron chi connectivity index (χ2n) is 8.21. The van der Waals surface area contributed by atoms with Gasteiger partial charge < -0.3 is 15.0 Å². The third kappa shape index (κ3) is 7.28. The molecular weight excluding hydrogens is 412 g/mol. The molecule has 168 valence electrons. The van der Waals surface area contributed by atoms with E-state index in [0.717, 1.165) is 5.56 Å². The van der Waals surface area contributed by atoms with E-state index in [9.17, 15) is 9.59 Å². The van der Waals surface area contributed by atoms with Gasteiger partial charge in [-0.25, -0.2) is 0 Å². The van der Waals surface area contributed by atoms with Gasteiger partial charge in [0.2, 0.25) is 5.91 Å². The summed E-state index contributed by atoms with van der Waals surface area (Å²) in [7, 11) is 0. The fourth-order valence-corrected chi connectivity index (χ4v) is 3.48. The highest BCUT2D eigenvalue weighted by Gasteiger charge is 2.29. The molecular formula is C25H33ClN2O3. The van der Waals surface area contributed by atoms with Gasteiger partial charge in [0.05, 0.1) is 0 Å². The van der Waals surface area contributed by atoms with Crippen LogP contribution in [-0.4, -0.2) is 35.4 Å². The Bertz CT molecular complexity index is 865. The second-order valence-corrected chi connectivity index (χ2v) is 8.62. The summed E-state index contributed by atoms with van der Waals surface area (Å²) in [5.74, 6) is 0.597. The number of carbonyl (C=O) groups is 2. The van der Waals surface area contributed by atoms with Crippen LogP contribution >= 0.6 is 11.6 Å². The molecule has 0 fully saturated rings. The zero-order valence-corrected chi connectivity index (χ0v) is 19.8. The van der Waals surface area contributed by atoms with E-state index in [4.69, 9.17) is 16.3 Å². The van der Waals surface area contributed by atoms with Gasteiger partial charge in [0, 0.05) is 17.6 Å². The third-order valence-electron chi connectivity index (χ3n) is 5.02. The van der Waals surface area contributed by atoms with Crippen molar-refractivity contribution in [3.8, 4) is 5.75 Å². The first kappa shape index (κ1) is 24.7. The Hall–Kier alpha value is -2.53. The SMILES string of the molecule is CCC(C(=O)NC(C)C)N(Cc1ccccc1Cl)C(=O)COc1ccc(C(C)C)cc1. The molecule has 2 aromatic carbocycles. The first-order chi connectivity index (χ1) is 14.7. The molecule has 0 aromatic heterocycles. The van der Waals surface area contributed by atoms with Crippen molar-refractivity contribution in [2.24, 2.45) is 0 Å². The van der Waals surface area contributed by atoms with Crippen molar-refractivity contribution >= 4 is 23.4 Å². The molecule has 31 heavy (non-hydrogen) atoms. The predicted molar refractivity (Wildman–Crippen MR) is 125 cm³/mol. The maximum absolute atomic E-state index is 13.2. The van der Waals surface area contributed by atoms with E-state index in [0.29, 0.717) is 23.1 Å². The summed E-state index contributed by atoms with van der Waals surface area (Å²) >= 11 is 6.33. The molecule has 1 N–H and O–H groups in total. The number of carbonyl (C=O) groups excluding carboxylic acids is 2. The Kier molecular flexibility index (Phi) is 9.38. The number of ether oxygens (including phenoxy) is 1. The van der Waals surface area contributed by atoms with E-state index in [1.165, 1.54) is 5.56 Å². The van der Waals surface area contributed by atoms with Crippen LogP contribution in [-0.2, 0) is 16.1 Å².